The number of rotatable bonds is 8. The summed E-state index contributed by atoms with van der Waals surface area (Å²) in [5.41, 5.74) is 0.784. The average Bonchev–Trinajstić information content (AvgIpc) is 2.38. The standard InChI is InChI=1S/C13H19ClFNO2/c1-16-11(9-18-7-6-17-2)8-10-4-3-5-12(15)13(10)14/h3-5,11,16H,6-9H2,1-2H3. The minimum atomic E-state index is -0.385. The van der Waals surface area contributed by atoms with Crippen molar-refractivity contribution < 1.29 is 13.9 Å². The van der Waals surface area contributed by atoms with Crippen molar-refractivity contribution in [2.75, 3.05) is 34.0 Å². The first-order valence-corrected chi connectivity index (χ1v) is 6.23. The van der Waals surface area contributed by atoms with Gasteiger partial charge in [-0.05, 0) is 25.1 Å². The molecule has 5 heteroatoms. The highest BCUT2D eigenvalue weighted by Crippen LogP contribution is 2.20. The number of hydrogen-bond acceptors (Lipinski definition) is 3. The van der Waals surface area contributed by atoms with E-state index in [0.717, 1.165) is 5.56 Å². The van der Waals surface area contributed by atoms with Crippen molar-refractivity contribution in [3.8, 4) is 0 Å². The second-order valence-electron chi connectivity index (χ2n) is 3.97. The van der Waals surface area contributed by atoms with Gasteiger partial charge in [0.05, 0.1) is 24.8 Å². The van der Waals surface area contributed by atoms with E-state index in [1.165, 1.54) is 6.07 Å². The van der Waals surface area contributed by atoms with Crippen LogP contribution in [0.5, 0.6) is 0 Å². The molecule has 0 aliphatic carbocycles. The number of hydrogen-bond donors (Lipinski definition) is 1. The summed E-state index contributed by atoms with van der Waals surface area (Å²) in [7, 11) is 3.48. The molecule has 1 rings (SSSR count). The van der Waals surface area contributed by atoms with E-state index in [9.17, 15) is 4.39 Å². The summed E-state index contributed by atoms with van der Waals surface area (Å²) >= 11 is 5.91. The lowest BCUT2D eigenvalue weighted by atomic mass is 10.1. The molecule has 18 heavy (non-hydrogen) atoms. The van der Waals surface area contributed by atoms with Crippen LogP contribution in [-0.2, 0) is 15.9 Å². The summed E-state index contributed by atoms with van der Waals surface area (Å²) in [5.74, 6) is -0.385. The molecule has 1 aromatic carbocycles. The minimum absolute atomic E-state index is 0.0983. The molecule has 0 saturated heterocycles. The Kier molecular flexibility index (Phi) is 7.20. The van der Waals surface area contributed by atoms with Gasteiger partial charge in [0.25, 0.3) is 0 Å². The Morgan fingerprint density at radius 3 is 2.83 bits per heavy atom. The van der Waals surface area contributed by atoms with E-state index >= 15 is 0 Å². The van der Waals surface area contributed by atoms with E-state index in [4.69, 9.17) is 21.1 Å². The fourth-order valence-electron chi connectivity index (χ4n) is 1.58. The summed E-state index contributed by atoms with van der Waals surface area (Å²) in [6.07, 6.45) is 0.625. The molecule has 0 bridgehead atoms. The zero-order chi connectivity index (χ0) is 13.4. The van der Waals surface area contributed by atoms with Gasteiger partial charge in [-0.3, -0.25) is 0 Å². The molecule has 0 aliphatic rings. The van der Waals surface area contributed by atoms with Crippen LogP contribution in [0.2, 0.25) is 5.02 Å². The molecule has 3 nitrogen and oxygen atoms in total. The Bertz CT molecular complexity index is 363. The van der Waals surface area contributed by atoms with Crippen LogP contribution in [0.15, 0.2) is 18.2 Å². The molecular formula is C13H19ClFNO2. The van der Waals surface area contributed by atoms with E-state index in [1.54, 1.807) is 13.2 Å². The van der Waals surface area contributed by atoms with Crippen LogP contribution in [0.3, 0.4) is 0 Å². The molecular weight excluding hydrogens is 257 g/mol. The Hall–Kier alpha value is -0.680. The number of methoxy groups -OCH3 is 1. The van der Waals surface area contributed by atoms with Gasteiger partial charge in [0.2, 0.25) is 0 Å². The van der Waals surface area contributed by atoms with Gasteiger partial charge in [-0.2, -0.15) is 0 Å². The second-order valence-corrected chi connectivity index (χ2v) is 4.35. The number of nitrogens with one attached hydrogen (secondary N) is 1. The maximum atomic E-state index is 13.3. The highest BCUT2D eigenvalue weighted by molar-refractivity contribution is 6.31. The molecule has 0 heterocycles. The Morgan fingerprint density at radius 2 is 2.17 bits per heavy atom. The summed E-state index contributed by atoms with van der Waals surface area (Å²) in [5, 5.41) is 3.32. The van der Waals surface area contributed by atoms with Crippen molar-refractivity contribution in [3.05, 3.63) is 34.6 Å². The van der Waals surface area contributed by atoms with Gasteiger partial charge >= 0.3 is 0 Å². The Morgan fingerprint density at radius 1 is 1.39 bits per heavy atom. The molecule has 102 valence electrons. The largest absolute Gasteiger partial charge is 0.382 e. The van der Waals surface area contributed by atoms with Crippen molar-refractivity contribution in [2.45, 2.75) is 12.5 Å². The van der Waals surface area contributed by atoms with Gasteiger partial charge in [0.15, 0.2) is 0 Å². The molecule has 1 atom stereocenters. The van der Waals surface area contributed by atoms with E-state index in [1.807, 2.05) is 13.1 Å². The monoisotopic (exact) mass is 275 g/mol. The lowest BCUT2D eigenvalue weighted by Crippen LogP contribution is -2.33. The van der Waals surface area contributed by atoms with Crippen LogP contribution < -0.4 is 5.32 Å². The van der Waals surface area contributed by atoms with Crippen molar-refractivity contribution in [1.29, 1.82) is 0 Å². The summed E-state index contributed by atoms with van der Waals surface area (Å²) < 4.78 is 23.6. The fraction of sp³-hybridized carbons (Fsp3) is 0.538. The SMILES string of the molecule is CNC(COCCOC)Cc1cccc(F)c1Cl. The van der Waals surface area contributed by atoms with Gasteiger partial charge in [0, 0.05) is 13.2 Å². The molecule has 0 aliphatic heterocycles. The zero-order valence-electron chi connectivity index (χ0n) is 10.7. The third kappa shape index (κ3) is 4.90. The predicted octanol–water partition coefficient (Wildman–Crippen LogP) is 2.27. The molecule has 0 spiro atoms. The van der Waals surface area contributed by atoms with Gasteiger partial charge < -0.3 is 14.8 Å². The smallest absolute Gasteiger partial charge is 0.142 e. The summed E-state index contributed by atoms with van der Waals surface area (Å²) in [6.45, 7) is 1.65. The third-order valence-electron chi connectivity index (χ3n) is 2.66. The first-order chi connectivity index (χ1) is 8.69. The van der Waals surface area contributed by atoms with Crippen molar-refractivity contribution in [2.24, 2.45) is 0 Å². The third-order valence-corrected chi connectivity index (χ3v) is 3.08. The van der Waals surface area contributed by atoms with E-state index in [2.05, 4.69) is 5.32 Å². The predicted molar refractivity (Wildman–Crippen MR) is 70.7 cm³/mol. The molecule has 1 N–H and O–H groups in total. The highest BCUT2D eigenvalue weighted by atomic mass is 35.5. The van der Waals surface area contributed by atoms with E-state index in [0.29, 0.717) is 26.2 Å². The lowest BCUT2D eigenvalue weighted by molar-refractivity contribution is 0.0598. The van der Waals surface area contributed by atoms with Crippen molar-refractivity contribution in [3.63, 3.8) is 0 Å². The minimum Gasteiger partial charge on any atom is -0.382 e. The number of halogens is 2. The van der Waals surface area contributed by atoms with Gasteiger partial charge in [-0.1, -0.05) is 23.7 Å². The van der Waals surface area contributed by atoms with Crippen LogP contribution in [-0.4, -0.2) is 40.0 Å². The second kappa shape index (κ2) is 8.43. The van der Waals surface area contributed by atoms with Crippen LogP contribution in [0.4, 0.5) is 4.39 Å². The maximum absolute atomic E-state index is 13.3. The van der Waals surface area contributed by atoms with Crippen LogP contribution in [0, 0.1) is 5.82 Å². The fourth-order valence-corrected chi connectivity index (χ4v) is 1.79. The molecule has 0 radical (unpaired) electrons. The van der Waals surface area contributed by atoms with E-state index in [-0.39, 0.29) is 16.9 Å². The summed E-state index contributed by atoms with van der Waals surface area (Å²) in [4.78, 5) is 0. The van der Waals surface area contributed by atoms with Crippen LogP contribution in [0.1, 0.15) is 5.56 Å². The Labute approximate surface area is 112 Å². The Balaban J connectivity index is 2.49. The molecule has 1 unspecified atom stereocenters. The molecule has 1 aromatic rings. The maximum Gasteiger partial charge on any atom is 0.142 e. The number of benzene rings is 1. The normalized spacial score (nSPS) is 12.7. The first-order valence-electron chi connectivity index (χ1n) is 5.85. The van der Waals surface area contributed by atoms with Gasteiger partial charge in [-0.25, -0.2) is 4.39 Å². The first kappa shape index (κ1) is 15.4. The average molecular weight is 276 g/mol. The molecule has 0 saturated carbocycles. The zero-order valence-corrected chi connectivity index (χ0v) is 11.5. The lowest BCUT2D eigenvalue weighted by Gasteiger charge is -2.17. The van der Waals surface area contributed by atoms with Crippen molar-refractivity contribution in [1.82, 2.24) is 5.32 Å². The molecule has 0 amide bonds. The number of likely N-dealkylation sites (N-methyl/N-ethyl adjacent to an activating group) is 1. The quantitative estimate of drug-likeness (QED) is 0.739. The van der Waals surface area contributed by atoms with Gasteiger partial charge in [0.1, 0.15) is 5.82 Å². The highest BCUT2D eigenvalue weighted by Gasteiger charge is 2.12. The number of ether oxygens (including phenoxy) is 2. The topological polar surface area (TPSA) is 30.5 Å². The summed E-state index contributed by atoms with van der Waals surface area (Å²) in [6, 6.07) is 4.94. The van der Waals surface area contributed by atoms with Gasteiger partial charge in [-0.15, -0.1) is 0 Å². The molecule has 0 aromatic heterocycles. The van der Waals surface area contributed by atoms with E-state index < -0.39 is 0 Å². The van der Waals surface area contributed by atoms with Crippen molar-refractivity contribution >= 4 is 11.6 Å². The molecule has 0 fully saturated rings. The van der Waals surface area contributed by atoms with Crippen LogP contribution >= 0.6 is 11.6 Å². The van der Waals surface area contributed by atoms with Crippen LogP contribution in [0.25, 0.3) is 0 Å².